The van der Waals surface area contributed by atoms with Crippen molar-refractivity contribution >= 4 is 5.97 Å². The van der Waals surface area contributed by atoms with Crippen LogP contribution in [0.1, 0.15) is 12.1 Å². The Kier molecular flexibility index (Phi) is 3.72. The Morgan fingerprint density at radius 2 is 2.14 bits per heavy atom. The van der Waals surface area contributed by atoms with E-state index < -0.39 is 18.1 Å². The molecule has 0 amide bonds. The summed E-state index contributed by atoms with van der Waals surface area (Å²) in [5.74, 6) is -0.407. The fourth-order valence-corrected chi connectivity index (χ4v) is 2.61. The molecule has 0 spiro atoms. The van der Waals surface area contributed by atoms with E-state index in [4.69, 9.17) is 9.52 Å². The number of hydrogen-bond acceptors (Lipinski definition) is 5. The van der Waals surface area contributed by atoms with Crippen LogP contribution in [0.5, 0.6) is 0 Å². The first-order chi connectivity index (χ1) is 10.1. The van der Waals surface area contributed by atoms with Gasteiger partial charge in [0.1, 0.15) is 12.3 Å². The lowest BCUT2D eigenvalue weighted by atomic mass is 10.2. The lowest BCUT2D eigenvalue weighted by Gasteiger charge is -2.18. The molecule has 3 rings (SSSR count). The first kappa shape index (κ1) is 13.8. The summed E-state index contributed by atoms with van der Waals surface area (Å²) in [4.78, 5) is 17.3. The maximum absolute atomic E-state index is 11.2. The van der Waals surface area contributed by atoms with Crippen LogP contribution < -0.4 is 0 Å². The fourth-order valence-electron chi connectivity index (χ4n) is 2.61. The minimum absolute atomic E-state index is 0.249. The van der Waals surface area contributed by atoms with Crippen LogP contribution in [0.4, 0.5) is 0 Å². The minimum atomic E-state index is -0.918. The van der Waals surface area contributed by atoms with Crippen LogP contribution in [0, 0.1) is 0 Å². The Hall–Kier alpha value is -2.18. The number of oxazole rings is 1. The van der Waals surface area contributed by atoms with Crippen molar-refractivity contribution in [3.8, 4) is 11.5 Å². The number of nitrogens with zero attached hydrogens (tertiary/aromatic N) is 2. The van der Waals surface area contributed by atoms with Crippen LogP contribution in [0.3, 0.4) is 0 Å². The van der Waals surface area contributed by atoms with Gasteiger partial charge in [0.2, 0.25) is 5.89 Å². The zero-order chi connectivity index (χ0) is 14.8. The molecule has 1 fully saturated rings. The van der Waals surface area contributed by atoms with E-state index in [0.717, 1.165) is 5.56 Å². The molecular weight excluding hydrogens is 272 g/mol. The fraction of sp³-hybridized carbons (Fsp3) is 0.333. The minimum Gasteiger partial charge on any atom is -0.480 e. The molecule has 2 unspecified atom stereocenters. The van der Waals surface area contributed by atoms with Crippen molar-refractivity contribution in [2.45, 2.75) is 25.1 Å². The summed E-state index contributed by atoms with van der Waals surface area (Å²) in [7, 11) is 0. The third kappa shape index (κ3) is 2.96. The van der Waals surface area contributed by atoms with E-state index in [1.807, 2.05) is 30.3 Å². The van der Waals surface area contributed by atoms with Crippen LogP contribution in [-0.4, -0.2) is 44.8 Å². The van der Waals surface area contributed by atoms with Gasteiger partial charge in [0.05, 0.1) is 11.8 Å². The van der Waals surface area contributed by atoms with Gasteiger partial charge in [-0.1, -0.05) is 18.2 Å². The number of carbonyl (C=O) groups is 1. The third-order valence-electron chi connectivity index (χ3n) is 3.60. The molecule has 2 aromatic rings. The summed E-state index contributed by atoms with van der Waals surface area (Å²) < 4.78 is 5.44. The van der Waals surface area contributed by atoms with Gasteiger partial charge in [0, 0.05) is 25.1 Å². The van der Waals surface area contributed by atoms with E-state index in [-0.39, 0.29) is 6.42 Å². The second kappa shape index (κ2) is 5.67. The third-order valence-corrected chi connectivity index (χ3v) is 3.60. The Morgan fingerprint density at radius 1 is 1.38 bits per heavy atom. The zero-order valence-corrected chi connectivity index (χ0v) is 11.3. The molecule has 2 N–H and O–H groups in total. The Labute approximate surface area is 121 Å². The Balaban J connectivity index is 1.74. The van der Waals surface area contributed by atoms with Crippen molar-refractivity contribution in [1.82, 2.24) is 9.88 Å². The van der Waals surface area contributed by atoms with Gasteiger partial charge in [-0.25, -0.2) is 4.98 Å². The summed E-state index contributed by atoms with van der Waals surface area (Å²) >= 11 is 0. The maximum Gasteiger partial charge on any atom is 0.321 e. The number of benzene rings is 1. The lowest BCUT2D eigenvalue weighted by molar-refractivity contribution is -0.142. The average Bonchev–Trinajstić information content (AvgIpc) is 3.07. The van der Waals surface area contributed by atoms with Gasteiger partial charge in [0.15, 0.2) is 0 Å². The second-order valence-corrected chi connectivity index (χ2v) is 5.18. The molecule has 21 heavy (non-hydrogen) atoms. The van der Waals surface area contributed by atoms with Crippen molar-refractivity contribution in [1.29, 1.82) is 0 Å². The SMILES string of the molecule is O=C(O)C1CC(O)CN1Cc1coc(-c2ccccc2)n1. The van der Waals surface area contributed by atoms with Gasteiger partial charge in [-0.3, -0.25) is 9.69 Å². The monoisotopic (exact) mass is 288 g/mol. The number of hydrogen-bond donors (Lipinski definition) is 2. The van der Waals surface area contributed by atoms with Gasteiger partial charge < -0.3 is 14.6 Å². The van der Waals surface area contributed by atoms with Crippen molar-refractivity contribution in [2.75, 3.05) is 6.54 Å². The van der Waals surface area contributed by atoms with Gasteiger partial charge in [-0.05, 0) is 12.1 Å². The van der Waals surface area contributed by atoms with Crippen LogP contribution in [0.15, 0.2) is 41.0 Å². The molecule has 0 saturated carbocycles. The number of aromatic nitrogens is 1. The van der Waals surface area contributed by atoms with Crippen molar-refractivity contribution in [3.63, 3.8) is 0 Å². The lowest BCUT2D eigenvalue weighted by Crippen LogP contribution is -2.35. The largest absolute Gasteiger partial charge is 0.480 e. The smallest absolute Gasteiger partial charge is 0.321 e. The number of likely N-dealkylation sites (tertiary alicyclic amines) is 1. The molecule has 0 aliphatic carbocycles. The zero-order valence-electron chi connectivity index (χ0n) is 11.3. The van der Waals surface area contributed by atoms with Crippen LogP contribution in [0.25, 0.3) is 11.5 Å². The van der Waals surface area contributed by atoms with Crippen molar-refractivity contribution in [2.24, 2.45) is 0 Å². The highest BCUT2D eigenvalue weighted by atomic mass is 16.4. The molecule has 2 heterocycles. The number of rotatable bonds is 4. The van der Waals surface area contributed by atoms with Crippen LogP contribution >= 0.6 is 0 Å². The summed E-state index contributed by atoms with van der Waals surface area (Å²) in [6.45, 7) is 0.689. The van der Waals surface area contributed by atoms with Crippen molar-refractivity contribution < 1.29 is 19.4 Å². The summed E-state index contributed by atoms with van der Waals surface area (Å²) in [6, 6.07) is 8.84. The molecule has 1 aliphatic rings. The molecule has 110 valence electrons. The number of aliphatic hydroxyl groups excluding tert-OH is 1. The van der Waals surface area contributed by atoms with E-state index in [1.165, 1.54) is 6.26 Å². The molecule has 0 bridgehead atoms. The van der Waals surface area contributed by atoms with Gasteiger partial charge in [-0.2, -0.15) is 0 Å². The van der Waals surface area contributed by atoms with Gasteiger partial charge >= 0.3 is 5.97 Å². The summed E-state index contributed by atoms with van der Waals surface area (Å²) in [5.41, 5.74) is 1.54. The number of carboxylic acid groups (broad SMARTS) is 1. The predicted octanol–water partition coefficient (Wildman–Crippen LogP) is 1.36. The van der Waals surface area contributed by atoms with E-state index >= 15 is 0 Å². The summed E-state index contributed by atoms with van der Waals surface area (Å²) in [6.07, 6.45) is 1.18. The van der Waals surface area contributed by atoms with Crippen LogP contribution in [-0.2, 0) is 11.3 Å². The normalized spacial score (nSPS) is 22.5. The highest BCUT2D eigenvalue weighted by molar-refractivity contribution is 5.74. The first-order valence-corrected chi connectivity index (χ1v) is 6.78. The molecule has 2 atom stereocenters. The van der Waals surface area contributed by atoms with Crippen molar-refractivity contribution in [3.05, 3.63) is 42.3 Å². The topological polar surface area (TPSA) is 86.8 Å². The molecular formula is C15H16N2O4. The number of β-amino-alcohol motifs (C(OH)–C–C–N with tert-alkyl or cyclic N) is 1. The molecule has 1 aromatic carbocycles. The molecule has 1 aliphatic heterocycles. The highest BCUT2D eigenvalue weighted by Crippen LogP contribution is 2.23. The standard InChI is InChI=1S/C15H16N2O4/c18-12-6-13(15(19)20)17(8-12)7-11-9-21-14(16-11)10-4-2-1-3-5-10/h1-5,9,12-13,18H,6-8H2,(H,19,20). The molecule has 6 nitrogen and oxygen atoms in total. The van der Waals surface area contributed by atoms with E-state index in [1.54, 1.807) is 4.90 Å². The van der Waals surface area contributed by atoms with Gasteiger partial charge in [0.25, 0.3) is 0 Å². The molecule has 1 saturated heterocycles. The predicted molar refractivity (Wildman–Crippen MR) is 74.4 cm³/mol. The number of aliphatic carboxylic acids is 1. The van der Waals surface area contributed by atoms with E-state index in [9.17, 15) is 9.90 Å². The van der Waals surface area contributed by atoms with Gasteiger partial charge in [-0.15, -0.1) is 0 Å². The van der Waals surface area contributed by atoms with E-state index in [0.29, 0.717) is 24.7 Å². The quantitative estimate of drug-likeness (QED) is 0.883. The molecule has 1 aromatic heterocycles. The molecule has 6 heteroatoms. The average molecular weight is 288 g/mol. The van der Waals surface area contributed by atoms with Crippen LogP contribution in [0.2, 0.25) is 0 Å². The Bertz CT molecular complexity index is 626. The molecule has 0 radical (unpaired) electrons. The second-order valence-electron chi connectivity index (χ2n) is 5.18. The number of aliphatic hydroxyl groups is 1. The first-order valence-electron chi connectivity index (χ1n) is 6.78. The highest BCUT2D eigenvalue weighted by Gasteiger charge is 2.36. The number of carboxylic acids is 1. The summed E-state index contributed by atoms with van der Waals surface area (Å²) in [5, 5.41) is 18.8. The maximum atomic E-state index is 11.2. The van der Waals surface area contributed by atoms with E-state index in [2.05, 4.69) is 4.98 Å². The Morgan fingerprint density at radius 3 is 2.86 bits per heavy atom.